The molecule has 3 rings (SSSR count). The van der Waals surface area contributed by atoms with Gasteiger partial charge in [0.05, 0.1) is 11.6 Å². The highest BCUT2D eigenvalue weighted by molar-refractivity contribution is 5.67. The summed E-state index contributed by atoms with van der Waals surface area (Å²) in [5.41, 5.74) is 2.80. The molecule has 0 aromatic heterocycles. The van der Waals surface area contributed by atoms with E-state index in [0.717, 1.165) is 24.2 Å². The fourth-order valence-electron chi connectivity index (χ4n) is 3.18. The number of nitriles is 1. The molecule has 0 aliphatic carbocycles. The van der Waals surface area contributed by atoms with Crippen LogP contribution >= 0.6 is 0 Å². The first kappa shape index (κ1) is 18.0. The Bertz CT molecular complexity index is 777. The third-order valence-electron chi connectivity index (χ3n) is 4.82. The van der Waals surface area contributed by atoms with Crippen LogP contribution in [0, 0.1) is 11.3 Å². The van der Waals surface area contributed by atoms with Gasteiger partial charge in [-0.3, -0.25) is 4.90 Å². The molecule has 1 amide bonds. The minimum Gasteiger partial charge on any atom is -0.445 e. The van der Waals surface area contributed by atoms with E-state index in [4.69, 9.17) is 10.00 Å². The van der Waals surface area contributed by atoms with Crippen LogP contribution in [0.2, 0.25) is 0 Å². The van der Waals surface area contributed by atoms with Gasteiger partial charge in [-0.1, -0.05) is 42.5 Å². The first-order valence-electron chi connectivity index (χ1n) is 8.87. The van der Waals surface area contributed by atoms with Crippen molar-refractivity contribution in [2.75, 3.05) is 26.2 Å². The second-order valence-electron chi connectivity index (χ2n) is 6.48. The summed E-state index contributed by atoms with van der Waals surface area (Å²) < 4.78 is 5.41. The maximum atomic E-state index is 12.3. The molecule has 0 spiro atoms. The molecule has 0 N–H and O–H groups in total. The molecule has 134 valence electrons. The minimum absolute atomic E-state index is 0.214. The normalized spacial score (nSPS) is 15.9. The van der Waals surface area contributed by atoms with Crippen molar-refractivity contribution in [3.8, 4) is 6.07 Å². The lowest BCUT2D eigenvalue weighted by atomic mass is 10.0. The SMILES string of the molecule is CC(c1cccc(C#N)c1)N1CCN(C(=O)OCc2ccccc2)CC1. The van der Waals surface area contributed by atoms with Gasteiger partial charge < -0.3 is 9.64 Å². The fraction of sp³-hybridized carbons (Fsp3) is 0.333. The number of piperazine rings is 1. The molecule has 1 saturated heterocycles. The maximum absolute atomic E-state index is 12.3. The summed E-state index contributed by atoms with van der Waals surface area (Å²) in [5, 5.41) is 9.06. The quantitative estimate of drug-likeness (QED) is 0.847. The first-order valence-corrected chi connectivity index (χ1v) is 8.87. The van der Waals surface area contributed by atoms with E-state index < -0.39 is 0 Å². The van der Waals surface area contributed by atoms with Crippen molar-refractivity contribution in [2.45, 2.75) is 19.6 Å². The van der Waals surface area contributed by atoms with Crippen molar-refractivity contribution in [1.29, 1.82) is 5.26 Å². The van der Waals surface area contributed by atoms with Crippen LogP contribution in [0.25, 0.3) is 0 Å². The molecule has 1 fully saturated rings. The first-order chi connectivity index (χ1) is 12.7. The molecule has 1 atom stereocenters. The fourth-order valence-corrected chi connectivity index (χ4v) is 3.18. The van der Waals surface area contributed by atoms with Crippen molar-refractivity contribution >= 4 is 6.09 Å². The molecular weight excluding hydrogens is 326 g/mol. The van der Waals surface area contributed by atoms with Gasteiger partial charge in [0.2, 0.25) is 0 Å². The Morgan fingerprint density at radius 2 is 1.85 bits per heavy atom. The molecule has 1 heterocycles. The van der Waals surface area contributed by atoms with Crippen LogP contribution in [0.3, 0.4) is 0 Å². The van der Waals surface area contributed by atoms with Crippen molar-refractivity contribution in [2.24, 2.45) is 0 Å². The standard InChI is InChI=1S/C21H23N3O2/c1-17(20-9-5-8-19(14-20)15-22)23-10-12-24(13-11-23)21(25)26-16-18-6-3-2-4-7-18/h2-9,14,17H,10-13,16H2,1H3. The smallest absolute Gasteiger partial charge is 0.410 e. The van der Waals surface area contributed by atoms with Crippen molar-refractivity contribution in [1.82, 2.24) is 9.80 Å². The Morgan fingerprint density at radius 1 is 1.12 bits per heavy atom. The van der Waals surface area contributed by atoms with Crippen LogP contribution in [0.4, 0.5) is 4.79 Å². The Morgan fingerprint density at radius 3 is 2.54 bits per heavy atom. The highest BCUT2D eigenvalue weighted by atomic mass is 16.6. The van der Waals surface area contributed by atoms with Crippen molar-refractivity contribution < 1.29 is 9.53 Å². The molecule has 2 aromatic carbocycles. The van der Waals surface area contributed by atoms with Crippen molar-refractivity contribution in [3.05, 3.63) is 71.3 Å². The summed E-state index contributed by atoms with van der Waals surface area (Å²) in [5.74, 6) is 0. The van der Waals surface area contributed by atoms with Crippen LogP contribution in [0.1, 0.15) is 29.7 Å². The predicted molar refractivity (Wildman–Crippen MR) is 99.3 cm³/mol. The van der Waals surface area contributed by atoms with E-state index in [0.29, 0.717) is 25.3 Å². The third-order valence-corrected chi connectivity index (χ3v) is 4.82. The van der Waals surface area contributed by atoms with Gasteiger partial charge in [-0.05, 0) is 30.2 Å². The Balaban J connectivity index is 1.50. The zero-order valence-electron chi connectivity index (χ0n) is 15.0. The minimum atomic E-state index is -0.257. The van der Waals surface area contributed by atoms with Crippen LogP contribution in [-0.2, 0) is 11.3 Å². The molecular formula is C21H23N3O2. The Labute approximate surface area is 154 Å². The van der Waals surface area contributed by atoms with Crippen LogP contribution in [-0.4, -0.2) is 42.1 Å². The molecule has 0 bridgehead atoms. The number of rotatable bonds is 4. The number of benzene rings is 2. The predicted octanol–water partition coefficient (Wildman–Crippen LogP) is 3.57. The highest BCUT2D eigenvalue weighted by Gasteiger charge is 2.25. The maximum Gasteiger partial charge on any atom is 0.410 e. The number of amides is 1. The average molecular weight is 349 g/mol. The van der Waals surface area contributed by atoms with Gasteiger partial charge in [-0.15, -0.1) is 0 Å². The van der Waals surface area contributed by atoms with Gasteiger partial charge in [-0.2, -0.15) is 5.26 Å². The van der Waals surface area contributed by atoms with E-state index in [1.807, 2.05) is 54.6 Å². The molecule has 5 heteroatoms. The number of carbonyl (C=O) groups excluding carboxylic acids is 1. The summed E-state index contributed by atoms with van der Waals surface area (Å²) >= 11 is 0. The molecule has 26 heavy (non-hydrogen) atoms. The second-order valence-corrected chi connectivity index (χ2v) is 6.48. The van der Waals surface area contributed by atoms with E-state index >= 15 is 0 Å². The largest absolute Gasteiger partial charge is 0.445 e. The molecule has 1 aliphatic heterocycles. The monoisotopic (exact) mass is 349 g/mol. The van der Waals surface area contributed by atoms with E-state index in [2.05, 4.69) is 17.9 Å². The van der Waals surface area contributed by atoms with Gasteiger partial charge in [-0.25, -0.2) is 4.79 Å². The lowest BCUT2D eigenvalue weighted by Gasteiger charge is -2.37. The van der Waals surface area contributed by atoms with Crippen LogP contribution < -0.4 is 0 Å². The number of hydrogen-bond acceptors (Lipinski definition) is 4. The van der Waals surface area contributed by atoms with E-state index in [1.54, 1.807) is 4.90 Å². The third kappa shape index (κ3) is 4.41. The molecule has 1 unspecified atom stereocenters. The summed E-state index contributed by atoms with van der Waals surface area (Å²) in [6.07, 6.45) is -0.257. The van der Waals surface area contributed by atoms with Gasteiger partial charge >= 0.3 is 6.09 Å². The zero-order valence-corrected chi connectivity index (χ0v) is 15.0. The molecule has 0 radical (unpaired) electrons. The number of ether oxygens (including phenoxy) is 1. The summed E-state index contributed by atoms with van der Waals surface area (Å²) in [7, 11) is 0. The van der Waals surface area contributed by atoms with Crippen molar-refractivity contribution in [3.63, 3.8) is 0 Å². The van der Waals surface area contributed by atoms with Gasteiger partial charge in [0.15, 0.2) is 0 Å². The topological polar surface area (TPSA) is 56.6 Å². The van der Waals surface area contributed by atoms with Gasteiger partial charge in [0.1, 0.15) is 6.61 Å². The Hall–Kier alpha value is -2.84. The van der Waals surface area contributed by atoms with E-state index in [9.17, 15) is 4.79 Å². The van der Waals surface area contributed by atoms with Crippen LogP contribution in [0.5, 0.6) is 0 Å². The lowest BCUT2D eigenvalue weighted by molar-refractivity contribution is 0.0620. The van der Waals surface area contributed by atoms with E-state index in [1.165, 1.54) is 0 Å². The summed E-state index contributed by atoms with van der Waals surface area (Å²) in [6, 6.07) is 19.8. The number of hydrogen-bond donors (Lipinski definition) is 0. The molecule has 1 aliphatic rings. The van der Waals surface area contributed by atoms with Crippen LogP contribution in [0.15, 0.2) is 54.6 Å². The Kier molecular flexibility index (Phi) is 5.88. The average Bonchev–Trinajstić information content (AvgIpc) is 2.72. The second kappa shape index (κ2) is 8.50. The molecule has 0 saturated carbocycles. The van der Waals surface area contributed by atoms with Gasteiger partial charge in [0, 0.05) is 32.2 Å². The molecule has 2 aromatic rings. The summed E-state index contributed by atoms with van der Waals surface area (Å²) in [4.78, 5) is 16.3. The number of nitrogens with zero attached hydrogens (tertiary/aromatic N) is 3. The van der Waals surface area contributed by atoms with Gasteiger partial charge in [0.25, 0.3) is 0 Å². The zero-order chi connectivity index (χ0) is 18.4. The molecule has 5 nitrogen and oxygen atoms in total. The number of carbonyl (C=O) groups is 1. The highest BCUT2D eigenvalue weighted by Crippen LogP contribution is 2.22. The van der Waals surface area contributed by atoms with E-state index in [-0.39, 0.29) is 12.1 Å². The summed E-state index contributed by atoms with van der Waals surface area (Å²) in [6.45, 7) is 5.32. The lowest BCUT2D eigenvalue weighted by Crippen LogP contribution is -2.49.